The van der Waals surface area contributed by atoms with Gasteiger partial charge in [0.1, 0.15) is 11.6 Å². The molecule has 0 spiro atoms. The second-order valence-corrected chi connectivity index (χ2v) is 4.90. The van der Waals surface area contributed by atoms with E-state index in [9.17, 15) is 0 Å². The molecule has 2 heterocycles. The van der Waals surface area contributed by atoms with E-state index in [1.807, 2.05) is 11.8 Å². The number of nitrogen functional groups attached to an aromatic ring is 2. The molecule has 1 aliphatic rings. The Kier molecular flexibility index (Phi) is 3.68. The molecule has 6 N–H and O–H groups in total. The highest BCUT2D eigenvalue weighted by Crippen LogP contribution is 2.23. The minimum Gasteiger partial charge on any atom is -0.370 e. The number of anilines is 3. The third-order valence-corrected chi connectivity index (χ3v) is 3.72. The molecule has 0 saturated carbocycles. The third-order valence-electron chi connectivity index (χ3n) is 2.49. The van der Waals surface area contributed by atoms with E-state index in [4.69, 9.17) is 11.6 Å². The third kappa shape index (κ3) is 2.89. The standard InChI is InChI=1S/C9H16N6S/c10-9-13-7(3-8(14-9)15-11)12-4-6-1-2-16-5-6/h3,6H,1-2,4-5,11H2,(H4,10,12,13,14,15). The molecular formula is C9H16N6S. The van der Waals surface area contributed by atoms with Gasteiger partial charge in [0.25, 0.3) is 0 Å². The second kappa shape index (κ2) is 5.22. The van der Waals surface area contributed by atoms with E-state index in [-0.39, 0.29) is 5.95 Å². The fourth-order valence-corrected chi connectivity index (χ4v) is 2.91. The highest BCUT2D eigenvalue weighted by atomic mass is 32.2. The summed E-state index contributed by atoms with van der Waals surface area (Å²) in [5, 5.41) is 3.26. The fraction of sp³-hybridized carbons (Fsp3) is 0.556. The Morgan fingerprint density at radius 2 is 2.25 bits per heavy atom. The van der Waals surface area contributed by atoms with Gasteiger partial charge in [0, 0.05) is 12.6 Å². The lowest BCUT2D eigenvalue weighted by molar-refractivity contribution is 0.630. The Bertz CT molecular complexity index is 352. The number of hydrazine groups is 1. The first-order chi connectivity index (χ1) is 7.78. The van der Waals surface area contributed by atoms with Crippen LogP contribution in [0.3, 0.4) is 0 Å². The molecule has 0 aromatic carbocycles. The predicted molar refractivity (Wildman–Crippen MR) is 68.2 cm³/mol. The molecule has 1 aromatic rings. The molecule has 0 bridgehead atoms. The maximum atomic E-state index is 5.56. The molecule has 0 radical (unpaired) electrons. The van der Waals surface area contributed by atoms with E-state index >= 15 is 0 Å². The van der Waals surface area contributed by atoms with Crippen molar-refractivity contribution < 1.29 is 0 Å². The smallest absolute Gasteiger partial charge is 0.223 e. The van der Waals surface area contributed by atoms with Gasteiger partial charge in [-0.15, -0.1) is 0 Å². The van der Waals surface area contributed by atoms with Gasteiger partial charge in [-0.2, -0.15) is 21.7 Å². The highest BCUT2D eigenvalue weighted by molar-refractivity contribution is 7.99. The fourth-order valence-electron chi connectivity index (χ4n) is 1.62. The first-order valence-corrected chi connectivity index (χ1v) is 6.36. The van der Waals surface area contributed by atoms with Crippen LogP contribution in [0, 0.1) is 5.92 Å². The summed E-state index contributed by atoms with van der Waals surface area (Å²) in [6.45, 7) is 0.924. The summed E-state index contributed by atoms with van der Waals surface area (Å²) >= 11 is 2.00. The molecule has 7 heteroatoms. The van der Waals surface area contributed by atoms with Crippen LogP contribution in [0.5, 0.6) is 0 Å². The van der Waals surface area contributed by atoms with E-state index in [0.717, 1.165) is 18.3 Å². The molecule has 1 fully saturated rings. The number of aromatic nitrogens is 2. The van der Waals surface area contributed by atoms with E-state index in [0.29, 0.717) is 5.82 Å². The van der Waals surface area contributed by atoms with Crippen LogP contribution in [0.1, 0.15) is 6.42 Å². The van der Waals surface area contributed by atoms with Gasteiger partial charge >= 0.3 is 0 Å². The zero-order valence-electron chi connectivity index (χ0n) is 8.94. The van der Waals surface area contributed by atoms with Gasteiger partial charge < -0.3 is 16.5 Å². The zero-order valence-corrected chi connectivity index (χ0v) is 9.76. The summed E-state index contributed by atoms with van der Waals surface area (Å²) in [7, 11) is 0. The van der Waals surface area contributed by atoms with Crippen LogP contribution in [-0.2, 0) is 0 Å². The molecule has 0 aliphatic carbocycles. The highest BCUT2D eigenvalue weighted by Gasteiger charge is 2.15. The second-order valence-electron chi connectivity index (χ2n) is 3.75. The van der Waals surface area contributed by atoms with Crippen LogP contribution < -0.4 is 22.3 Å². The van der Waals surface area contributed by atoms with E-state index in [2.05, 4.69) is 20.7 Å². The molecular weight excluding hydrogens is 224 g/mol. The van der Waals surface area contributed by atoms with Gasteiger partial charge in [-0.25, -0.2) is 5.84 Å². The van der Waals surface area contributed by atoms with Crippen LogP contribution >= 0.6 is 11.8 Å². The topological polar surface area (TPSA) is 102 Å². The SMILES string of the molecule is NNc1cc(NCC2CCSC2)nc(N)n1. The zero-order chi connectivity index (χ0) is 11.4. The number of thioether (sulfide) groups is 1. The molecule has 6 nitrogen and oxygen atoms in total. The van der Waals surface area contributed by atoms with Crippen molar-refractivity contribution in [2.75, 3.05) is 34.5 Å². The lowest BCUT2D eigenvalue weighted by Gasteiger charge is -2.11. The summed E-state index contributed by atoms with van der Waals surface area (Å²) in [5.41, 5.74) is 8.02. The van der Waals surface area contributed by atoms with Gasteiger partial charge in [0.05, 0.1) is 0 Å². The van der Waals surface area contributed by atoms with Crippen molar-refractivity contribution in [2.24, 2.45) is 11.8 Å². The van der Waals surface area contributed by atoms with E-state index < -0.39 is 0 Å². The van der Waals surface area contributed by atoms with Crippen molar-refractivity contribution in [3.63, 3.8) is 0 Å². The van der Waals surface area contributed by atoms with E-state index in [1.54, 1.807) is 6.07 Å². The molecule has 16 heavy (non-hydrogen) atoms. The Labute approximate surface area is 98.6 Å². The van der Waals surface area contributed by atoms with Gasteiger partial charge in [0.2, 0.25) is 5.95 Å². The lowest BCUT2D eigenvalue weighted by atomic mass is 10.1. The Balaban J connectivity index is 1.94. The number of hydrogen-bond donors (Lipinski definition) is 4. The summed E-state index contributed by atoms with van der Waals surface area (Å²) in [6.07, 6.45) is 1.26. The molecule has 1 unspecified atom stereocenters. The maximum Gasteiger partial charge on any atom is 0.223 e. The average molecular weight is 240 g/mol. The van der Waals surface area contributed by atoms with Crippen LogP contribution in [0.2, 0.25) is 0 Å². The Morgan fingerprint density at radius 1 is 1.44 bits per heavy atom. The number of hydrogen-bond acceptors (Lipinski definition) is 7. The largest absolute Gasteiger partial charge is 0.370 e. The monoisotopic (exact) mass is 240 g/mol. The molecule has 88 valence electrons. The summed E-state index contributed by atoms with van der Waals surface area (Å²) in [4.78, 5) is 8.01. The number of nitrogens with zero attached hydrogens (tertiary/aromatic N) is 2. The molecule has 1 atom stereocenters. The van der Waals surface area contributed by atoms with Crippen molar-refractivity contribution >= 4 is 29.3 Å². The molecule has 2 rings (SSSR count). The summed E-state index contributed by atoms with van der Waals surface area (Å²) < 4.78 is 0. The van der Waals surface area contributed by atoms with Crippen molar-refractivity contribution in [3.05, 3.63) is 6.07 Å². The first-order valence-electron chi connectivity index (χ1n) is 5.20. The Hall–Kier alpha value is -1.21. The van der Waals surface area contributed by atoms with Crippen LogP contribution in [0.25, 0.3) is 0 Å². The van der Waals surface area contributed by atoms with Gasteiger partial charge in [-0.05, 0) is 23.8 Å². The molecule has 0 amide bonds. The average Bonchev–Trinajstić information content (AvgIpc) is 2.78. The molecule has 1 aliphatic heterocycles. The van der Waals surface area contributed by atoms with Crippen molar-refractivity contribution in [3.8, 4) is 0 Å². The summed E-state index contributed by atoms with van der Waals surface area (Å²) in [6, 6.07) is 1.75. The van der Waals surface area contributed by atoms with Crippen LogP contribution in [0.4, 0.5) is 17.6 Å². The predicted octanol–water partition coefficient (Wildman–Crippen LogP) is 0.509. The molecule has 1 saturated heterocycles. The van der Waals surface area contributed by atoms with Crippen molar-refractivity contribution in [1.29, 1.82) is 0 Å². The van der Waals surface area contributed by atoms with Gasteiger partial charge in [-0.3, -0.25) is 0 Å². The first kappa shape index (κ1) is 11.3. The van der Waals surface area contributed by atoms with Crippen molar-refractivity contribution in [2.45, 2.75) is 6.42 Å². The van der Waals surface area contributed by atoms with Crippen molar-refractivity contribution in [1.82, 2.24) is 9.97 Å². The van der Waals surface area contributed by atoms with Gasteiger partial charge in [-0.1, -0.05) is 0 Å². The minimum atomic E-state index is 0.221. The number of rotatable bonds is 4. The number of nitrogens with one attached hydrogen (secondary N) is 2. The van der Waals surface area contributed by atoms with Crippen LogP contribution in [0.15, 0.2) is 6.07 Å². The van der Waals surface area contributed by atoms with Gasteiger partial charge in [0.15, 0.2) is 0 Å². The maximum absolute atomic E-state index is 5.56. The van der Waals surface area contributed by atoms with Crippen LogP contribution in [-0.4, -0.2) is 28.0 Å². The molecule has 1 aromatic heterocycles. The minimum absolute atomic E-state index is 0.221. The number of nitrogens with two attached hydrogens (primary N) is 2. The Morgan fingerprint density at radius 3 is 2.94 bits per heavy atom. The normalized spacial score (nSPS) is 19.7. The quantitative estimate of drug-likeness (QED) is 0.449. The lowest BCUT2D eigenvalue weighted by Crippen LogP contribution is -2.16. The summed E-state index contributed by atoms with van der Waals surface area (Å²) in [5.74, 6) is 9.94. The van der Waals surface area contributed by atoms with E-state index in [1.165, 1.54) is 17.9 Å².